The Hall–Kier alpha value is -1.16. The zero-order valence-electron chi connectivity index (χ0n) is 5.59. The van der Waals surface area contributed by atoms with Crippen LogP contribution in [0.2, 0.25) is 0 Å². The minimum absolute atomic E-state index is 0.607. The van der Waals surface area contributed by atoms with E-state index in [-0.39, 0.29) is 0 Å². The van der Waals surface area contributed by atoms with Crippen molar-refractivity contribution in [3.8, 4) is 12.3 Å². The Morgan fingerprint density at radius 3 is 2.89 bits per heavy atom. The molecule has 0 spiro atoms. The smallest absolute Gasteiger partial charge is 0.0289 e. The van der Waals surface area contributed by atoms with Crippen molar-refractivity contribution in [3.05, 3.63) is 23.9 Å². The highest BCUT2D eigenvalue weighted by atomic mass is 14.5. The van der Waals surface area contributed by atoms with Gasteiger partial charge in [0.2, 0.25) is 0 Å². The molecule has 0 aromatic rings. The number of hydrogen-bond acceptors (Lipinski definition) is 1. The molecular formula is C8H11N. The van der Waals surface area contributed by atoms with Gasteiger partial charge in [-0.3, -0.25) is 0 Å². The van der Waals surface area contributed by atoms with E-state index in [1.54, 1.807) is 6.08 Å². The van der Waals surface area contributed by atoms with Gasteiger partial charge in [0.25, 0.3) is 0 Å². The van der Waals surface area contributed by atoms with E-state index in [1.165, 1.54) is 0 Å². The van der Waals surface area contributed by atoms with Crippen LogP contribution in [-0.2, 0) is 0 Å². The fraction of sp³-hybridized carbons (Fsp3) is 0.250. The summed E-state index contributed by atoms with van der Waals surface area (Å²) >= 11 is 0. The summed E-state index contributed by atoms with van der Waals surface area (Å²) in [5.41, 5.74) is 6.18. The van der Waals surface area contributed by atoms with Crippen LogP contribution in [0.15, 0.2) is 23.9 Å². The topological polar surface area (TPSA) is 26.0 Å². The maximum absolute atomic E-state index is 5.45. The molecule has 1 heteroatoms. The van der Waals surface area contributed by atoms with Crippen LogP contribution in [0.25, 0.3) is 0 Å². The van der Waals surface area contributed by atoms with E-state index >= 15 is 0 Å². The second-order valence-corrected chi connectivity index (χ2v) is 1.61. The van der Waals surface area contributed by atoms with Gasteiger partial charge in [0.1, 0.15) is 0 Å². The van der Waals surface area contributed by atoms with Gasteiger partial charge < -0.3 is 5.73 Å². The predicted molar refractivity (Wildman–Crippen MR) is 40.5 cm³/mol. The van der Waals surface area contributed by atoms with Gasteiger partial charge in [0.15, 0.2) is 0 Å². The average Bonchev–Trinajstić information content (AvgIpc) is 1.85. The molecule has 0 saturated heterocycles. The molecular weight excluding hydrogens is 110 g/mol. The van der Waals surface area contributed by atoms with Gasteiger partial charge >= 0.3 is 0 Å². The average molecular weight is 121 g/mol. The van der Waals surface area contributed by atoms with Crippen LogP contribution in [0.1, 0.15) is 13.3 Å². The minimum atomic E-state index is 0.607. The van der Waals surface area contributed by atoms with Crippen LogP contribution < -0.4 is 5.73 Å². The number of terminal acetylenes is 1. The number of allylic oxidation sites excluding steroid dienone is 3. The Morgan fingerprint density at radius 2 is 2.44 bits per heavy atom. The molecule has 0 atom stereocenters. The van der Waals surface area contributed by atoms with Gasteiger partial charge in [0, 0.05) is 12.1 Å². The minimum Gasteiger partial charge on any atom is -0.399 e. The van der Waals surface area contributed by atoms with Crippen molar-refractivity contribution in [1.82, 2.24) is 0 Å². The van der Waals surface area contributed by atoms with Crippen LogP contribution >= 0.6 is 0 Å². The first kappa shape index (κ1) is 7.84. The van der Waals surface area contributed by atoms with E-state index in [4.69, 9.17) is 12.2 Å². The molecule has 0 saturated carbocycles. The third kappa shape index (κ3) is 4.70. The fourth-order valence-electron chi connectivity index (χ4n) is 0.437. The second-order valence-electron chi connectivity index (χ2n) is 1.61. The normalized spacial score (nSPS) is 11.8. The van der Waals surface area contributed by atoms with Gasteiger partial charge in [-0.2, -0.15) is 0 Å². The first-order valence-electron chi connectivity index (χ1n) is 2.83. The molecule has 0 rings (SSSR count). The summed E-state index contributed by atoms with van der Waals surface area (Å²) < 4.78 is 0. The first-order valence-corrected chi connectivity index (χ1v) is 2.83. The lowest BCUT2D eigenvalue weighted by Crippen LogP contribution is -1.91. The molecule has 0 radical (unpaired) electrons. The van der Waals surface area contributed by atoms with E-state index in [9.17, 15) is 0 Å². The summed E-state index contributed by atoms with van der Waals surface area (Å²) in [4.78, 5) is 0. The lowest BCUT2D eigenvalue weighted by atomic mass is 10.3. The van der Waals surface area contributed by atoms with Crippen molar-refractivity contribution in [1.29, 1.82) is 0 Å². The van der Waals surface area contributed by atoms with Gasteiger partial charge in [-0.05, 0) is 19.1 Å². The summed E-state index contributed by atoms with van der Waals surface area (Å²) in [5.74, 6) is 2.47. The predicted octanol–water partition coefficient (Wildman–Crippen LogP) is 1.43. The summed E-state index contributed by atoms with van der Waals surface area (Å²) in [7, 11) is 0. The van der Waals surface area contributed by atoms with Crippen molar-refractivity contribution in [2.45, 2.75) is 13.3 Å². The SMILES string of the molecule is C#CC/C=C(N)\C=C/C. The van der Waals surface area contributed by atoms with Gasteiger partial charge in [-0.1, -0.05) is 6.08 Å². The Balaban J connectivity index is 3.73. The molecule has 0 aliphatic rings. The quantitative estimate of drug-likeness (QED) is 0.434. The zero-order chi connectivity index (χ0) is 7.11. The van der Waals surface area contributed by atoms with Gasteiger partial charge in [-0.15, -0.1) is 12.3 Å². The van der Waals surface area contributed by atoms with Crippen LogP contribution in [0.4, 0.5) is 0 Å². The highest BCUT2D eigenvalue weighted by Crippen LogP contribution is 1.88. The molecule has 0 aromatic heterocycles. The standard InChI is InChI=1S/C8H11N/c1-3-5-7-8(9)6-4-2/h1,4,6-7H,5,9H2,2H3/b6-4-,8-7+. The third-order valence-electron chi connectivity index (χ3n) is 0.815. The Morgan fingerprint density at radius 1 is 1.78 bits per heavy atom. The molecule has 0 bridgehead atoms. The Bertz CT molecular complexity index is 158. The van der Waals surface area contributed by atoms with Gasteiger partial charge in [0.05, 0.1) is 0 Å². The first-order chi connectivity index (χ1) is 4.31. The Kier molecular flexibility index (Phi) is 4.34. The van der Waals surface area contributed by atoms with E-state index in [0.29, 0.717) is 6.42 Å². The molecule has 2 N–H and O–H groups in total. The molecule has 0 amide bonds. The lowest BCUT2D eigenvalue weighted by Gasteiger charge is -1.86. The highest BCUT2D eigenvalue weighted by molar-refractivity contribution is 5.15. The van der Waals surface area contributed by atoms with Crippen LogP contribution in [-0.4, -0.2) is 0 Å². The monoisotopic (exact) mass is 121 g/mol. The van der Waals surface area contributed by atoms with Crippen LogP contribution in [0.3, 0.4) is 0 Å². The van der Waals surface area contributed by atoms with Crippen LogP contribution in [0.5, 0.6) is 0 Å². The van der Waals surface area contributed by atoms with E-state index in [0.717, 1.165) is 5.70 Å². The maximum atomic E-state index is 5.45. The van der Waals surface area contributed by atoms with Crippen molar-refractivity contribution < 1.29 is 0 Å². The fourth-order valence-corrected chi connectivity index (χ4v) is 0.437. The van der Waals surface area contributed by atoms with E-state index in [2.05, 4.69) is 5.92 Å². The number of nitrogens with two attached hydrogens (primary N) is 1. The molecule has 9 heavy (non-hydrogen) atoms. The van der Waals surface area contributed by atoms with Crippen molar-refractivity contribution in [2.75, 3.05) is 0 Å². The molecule has 0 aromatic carbocycles. The molecule has 0 heterocycles. The molecule has 0 unspecified atom stereocenters. The largest absolute Gasteiger partial charge is 0.399 e. The van der Waals surface area contributed by atoms with Crippen molar-refractivity contribution in [2.24, 2.45) is 5.73 Å². The van der Waals surface area contributed by atoms with Crippen molar-refractivity contribution in [3.63, 3.8) is 0 Å². The second kappa shape index (κ2) is 4.99. The molecule has 0 fully saturated rings. The Labute approximate surface area is 56.3 Å². The summed E-state index contributed by atoms with van der Waals surface area (Å²) in [6.45, 7) is 1.91. The maximum Gasteiger partial charge on any atom is 0.0289 e. The summed E-state index contributed by atoms with van der Waals surface area (Å²) in [5, 5.41) is 0. The third-order valence-corrected chi connectivity index (χ3v) is 0.815. The zero-order valence-corrected chi connectivity index (χ0v) is 5.59. The number of hydrogen-bond donors (Lipinski definition) is 1. The summed E-state index contributed by atoms with van der Waals surface area (Å²) in [6.07, 6.45) is 11.1. The van der Waals surface area contributed by atoms with E-state index in [1.807, 2.05) is 19.1 Å². The molecule has 0 aliphatic heterocycles. The molecule has 48 valence electrons. The van der Waals surface area contributed by atoms with Crippen LogP contribution in [0, 0.1) is 12.3 Å². The lowest BCUT2D eigenvalue weighted by molar-refractivity contribution is 1.33. The highest BCUT2D eigenvalue weighted by Gasteiger charge is 1.76. The number of rotatable bonds is 2. The van der Waals surface area contributed by atoms with Crippen molar-refractivity contribution >= 4 is 0 Å². The summed E-state index contributed by atoms with van der Waals surface area (Å²) in [6, 6.07) is 0. The molecule has 0 aliphatic carbocycles. The molecule has 1 nitrogen and oxygen atoms in total. The van der Waals surface area contributed by atoms with E-state index < -0.39 is 0 Å². The van der Waals surface area contributed by atoms with Gasteiger partial charge in [-0.25, -0.2) is 0 Å².